The van der Waals surface area contributed by atoms with Gasteiger partial charge in [0.2, 0.25) is 0 Å². The number of halogens is 1. The minimum absolute atomic E-state index is 0.254. The van der Waals surface area contributed by atoms with Gasteiger partial charge < -0.3 is 9.40 Å². The second-order valence-electron chi connectivity index (χ2n) is 3.79. The second-order valence-corrected chi connectivity index (χ2v) is 5.12. The number of hydrogen-bond donors (Lipinski definition) is 2. The first-order valence-corrected chi connectivity index (χ1v) is 6.35. The van der Waals surface area contributed by atoms with Gasteiger partial charge in [-0.3, -0.25) is 9.78 Å². The van der Waals surface area contributed by atoms with Crippen molar-refractivity contribution in [2.45, 2.75) is 0 Å². The summed E-state index contributed by atoms with van der Waals surface area (Å²) in [5.41, 5.74) is 1.07. The van der Waals surface area contributed by atoms with Crippen LogP contribution >= 0.6 is 28.1 Å². The summed E-state index contributed by atoms with van der Waals surface area (Å²) in [6.07, 6.45) is 0. The molecule has 0 bridgehead atoms. The molecule has 3 aromatic rings. The van der Waals surface area contributed by atoms with Crippen LogP contribution in [0.3, 0.4) is 0 Å². The van der Waals surface area contributed by atoms with Crippen molar-refractivity contribution < 1.29 is 4.42 Å². The number of rotatable bonds is 1. The molecule has 4 nitrogen and oxygen atoms in total. The minimum Gasteiger partial charge on any atom is -0.455 e. The van der Waals surface area contributed by atoms with Gasteiger partial charge in [-0.25, -0.2) is 0 Å². The Morgan fingerprint density at radius 3 is 2.78 bits per heavy atom. The molecule has 0 aliphatic heterocycles. The number of furan rings is 1. The van der Waals surface area contributed by atoms with E-state index in [0.717, 1.165) is 15.4 Å². The maximum absolute atomic E-state index is 11.4. The van der Waals surface area contributed by atoms with Crippen LogP contribution in [0.5, 0.6) is 0 Å². The van der Waals surface area contributed by atoms with Gasteiger partial charge in [0.15, 0.2) is 10.5 Å². The molecule has 0 spiro atoms. The molecule has 0 aliphatic carbocycles. The zero-order valence-electron chi connectivity index (χ0n) is 8.99. The molecule has 0 atom stereocenters. The first kappa shape index (κ1) is 11.4. The Morgan fingerprint density at radius 2 is 2.00 bits per heavy atom. The summed E-state index contributed by atoms with van der Waals surface area (Å²) in [7, 11) is 0. The number of nitrogens with one attached hydrogen (secondary N) is 2. The summed E-state index contributed by atoms with van der Waals surface area (Å²) in [5, 5.41) is 0.957. The van der Waals surface area contributed by atoms with Crippen LogP contribution in [0.4, 0.5) is 0 Å². The third-order valence-corrected chi connectivity index (χ3v) is 3.20. The summed E-state index contributed by atoms with van der Waals surface area (Å²) in [6, 6.07) is 8.99. The molecule has 2 N–H and O–H groups in total. The Bertz CT molecular complexity index is 819. The third kappa shape index (κ3) is 2.04. The summed E-state index contributed by atoms with van der Waals surface area (Å²) >= 11 is 8.33. The lowest BCUT2D eigenvalue weighted by molar-refractivity contribution is 0.628. The highest BCUT2D eigenvalue weighted by Crippen LogP contribution is 2.27. The van der Waals surface area contributed by atoms with E-state index < -0.39 is 0 Å². The lowest BCUT2D eigenvalue weighted by Crippen LogP contribution is -2.05. The minimum atomic E-state index is -0.254. The van der Waals surface area contributed by atoms with Gasteiger partial charge in [-0.2, -0.15) is 0 Å². The summed E-state index contributed by atoms with van der Waals surface area (Å²) in [5.74, 6) is 0.584. The Kier molecular flexibility index (Phi) is 2.68. The highest BCUT2D eigenvalue weighted by Gasteiger charge is 2.07. The molecule has 2 aromatic heterocycles. The number of fused-ring (bicyclic) bond motifs is 1. The Morgan fingerprint density at radius 1 is 1.17 bits per heavy atom. The van der Waals surface area contributed by atoms with Crippen LogP contribution in [-0.4, -0.2) is 9.97 Å². The van der Waals surface area contributed by atoms with Crippen molar-refractivity contribution >= 4 is 39.1 Å². The average Bonchev–Trinajstić information content (AvgIpc) is 2.70. The standard InChI is InChI=1S/C12H7BrN2O2S/c13-7-1-2-9-6(3-7)4-10(17-9)8-5-11(16)15-12(18)14-8/h1-5H,(H2,14,15,16,18). The van der Waals surface area contributed by atoms with Crippen molar-refractivity contribution in [2.75, 3.05) is 0 Å². The number of benzene rings is 1. The predicted octanol–water partition coefficient (Wildman–Crippen LogP) is 3.61. The van der Waals surface area contributed by atoms with Gasteiger partial charge in [0, 0.05) is 15.9 Å². The van der Waals surface area contributed by atoms with E-state index in [1.54, 1.807) is 0 Å². The fourth-order valence-corrected chi connectivity index (χ4v) is 2.34. The van der Waals surface area contributed by atoms with Crippen LogP contribution in [0, 0.1) is 4.77 Å². The molecule has 1 aromatic carbocycles. The van der Waals surface area contributed by atoms with E-state index in [0.29, 0.717) is 11.5 Å². The van der Waals surface area contributed by atoms with Gasteiger partial charge in [-0.15, -0.1) is 0 Å². The van der Waals surface area contributed by atoms with Crippen molar-refractivity contribution in [2.24, 2.45) is 0 Å². The van der Waals surface area contributed by atoms with Crippen molar-refractivity contribution in [1.29, 1.82) is 0 Å². The average molecular weight is 323 g/mol. The van der Waals surface area contributed by atoms with Crippen molar-refractivity contribution in [3.05, 3.63) is 49.9 Å². The van der Waals surface area contributed by atoms with Gasteiger partial charge >= 0.3 is 0 Å². The maximum Gasteiger partial charge on any atom is 0.252 e. The van der Waals surface area contributed by atoms with Crippen LogP contribution in [0.1, 0.15) is 0 Å². The van der Waals surface area contributed by atoms with E-state index in [2.05, 4.69) is 25.9 Å². The first-order chi connectivity index (χ1) is 8.61. The molecular formula is C12H7BrN2O2S. The lowest BCUT2D eigenvalue weighted by atomic mass is 10.2. The van der Waals surface area contributed by atoms with Crippen LogP contribution in [0.25, 0.3) is 22.4 Å². The highest BCUT2D eigenvalue weighted by atomic mass is 79.9. The summed E-state index contributed by atoms with van der Waals surface area (Å²) in [4.78, 5) is 16.7. The molecule has 0 fully saturated rings. The largest absolute Gasteiger partial charge is 0.455 e. The van der Waals surface area contributed by atoms with Gasteiger partial charge in [-0.05, 0) is 36.5 Å². The molecule has 0 aliphatic rings. The van der Waals surface area contributed by atoms with Gasteiger partial charge in [0.1, 0.15) is 5.58 Å². The quantitative estimate of drug-likeness (QED) is 0.673. The van der Waals surface area contributed by atoms with Crippen LogP contribution < -0.4 is 5.56 Å². The number of H-pyrrole nitrogens is 2. The van der Waals surface area contributed by atoms with Crippen LogP contribution in [0.2, 0.25) is 0 Å². The normalized spacial score (nSPS) is 10.9. The van der Waals surface area contributed by atoms with Gasteiger partial charge in [0.25, 0.3) is 5.56 Å². The van der Waals surface area contributed by atoms with E-state index in [1.807, 2.05) is 24.3 Å². The monoisotopic (exact) mass is 322 g/mol. The Hall–Kier alpha value is -1.66. The van der Waals surface area contributed by atoms with E-state index >= 15 is 0 Å². The Balaban J connectivity index is 2.25. The first-order valence-electron chi connectivity index (χ1n) is 5.15. The van der Waals surface area contributed by atoms with Gasteiger partial charge in [-0.1, -0.05) is 15.9 Å². The van der Waals surface area contributed by atoms with Crippen LogP contribution in [-0.2, 0) is 0 Å². The number of aromatic nitrogens is 2. The smallest absolute Gasteiger partial charge is 0.252 e. The van der Waals surface area contributed by atoms with Crippen LogP contribution in [0.15, 0.2) is 44.0 Å². The molecule has 6 heteroatoms. The molecule has 0 amide bonds. The highest BCUT2D eigenvalue weighted by molar-refractivity contribution is 9.10. The molecule has 2 heterocycles. The van der Waals surface area contributed by atoms with Crippen molar-refractivity contribution in [1.82, 2.24) is 9.97 Å². The molecule has 0 radical (unpaired) electrons. The van der Waals surface area contributed by atoms with E-state index in [-0.39, 0.29) is 10.3 Å². The number of hydrogen-bond acceptors (Lipinski definition) is 3. The Labute approximate surface area is 115 Å². The van der Waals surface area contributed by atoms with E-state index in [4.69, 9.17) is 16.6 Å². The molecule has 0 saturated carbocycles. The van der Waals surface area contributed by atoms with E-state index in [1.165, 1.54) is 6.07 Å². The molecule has 0 saturated heterocycles. The van der Waals surface area contributed by atoms with E-state index in [9.17, 15) is 4.79 Å². The molecular weight excluding hydrogens is 316 g/mol. The lowest BCUT2D eigenvalue weighted by Gasteiger charge is -1.95. The molecule has 18 heavy (non-hydrogen) atoms. The molecule has 90 valence electrons. The summed E-state index contributed by atoms with van der Waals surface area (Å²) in [6.45, 7) is 0. The predicted molar refractivity (Wildman–Crippen MR) is 75.2 cm³/mol. The fraction of sp³-hybridized carbons (Fsp3) is 0. The van der Waals surface area contributed by atoms with Crippen molar-refractivity contribution in [3.63, 3.8) is 0 Å². The molecule has 3 rings (SSSR count). The number of aromatic amines is 2. The SMILES string of the molecule is O=c1cc(-c2cc3cc(Br)ccc3o2)[nH]c(=S)[nH]1. The molecule has 0 unspecified atom stereocenters. The fourth-order valence-electron chi connectivity index (χ4n) is 1.75. The second kappa shape index (κ2) is 4.22. The third-order valence-electron chi connectivity index (χ3n) is 2.50. The van der Waals surface area contributed by atoms with Crippen molar-refractivity contribution in [3.8, 4) is 11.5 Å². The van der Waals surface area contributed by atoms with Gasteiger partial charge in [0.05, 0.1) is 5.69 Å². The topological polar surface area (TPSA) is 61.8 Å². The summed E-state index contributed by atoms with van der Waals surface area (Å²) < 4.78 is 6.92. The maximum atomic E-state index is 11.4. The zero-order chi connectivity index (χ0) is 12.7. The zero-order valence-corrected chi connectivity index (χ0v) is 11.4.